The lowest BCUT2D eigenvalue weighted by atomic mass is 10.0. The molecule has 0 amide bonds. The number of unbranched alkanes of at least 4 members (excludes halogenated alkanes) is 15. The monoisotopic (exact) mass is 540 g/mol. The second-order valence-corrected chi connectivity index (χ2v) is 11.2. The molecule has 0 aliphatic rings. The van der Waals surface area contributed by atoms with Crippen LogP contribution in [0.2, 0.25) is 0 Å². The van der Waals surface area contributed by atoms with E-state index >= 15 is 0 Å². The van der Waals surface area contributed by atoms with Crippen molar-refractivity contribution in [1.29, 1.82) is 0 Å². The van der Waals surface area contributed by atoms with Gasteiger partial charge in [0.05, 0.1) is 18.0 Å². The largest absolute Gasteiger partial charge is 0.494 e. The van der Waals surface area contributed by atoms with E-state index < -0.39 is 0 Å². The molecule has 0 saturated heterocycles. The van der Waals surface area contributed by atoms with Gasteiger partial charge < -0.3 is 4.74 Å². The third-order valence-electron chi connectivity index (χ3n) is 7.67. The zero-order valence-corrected chi connectivity index (χ0v) is 25.3. The van der Waals surface area contributed by atoms with Gasteiger partial charge in [-0.05, 0) is 48.7 Å². The number of hydrogen-bond donors (Lipinski definition) is 0. The molecular formula is C37H52N2O. The summed E-state index contributed by atoms with van der Waals surface area (Å²) in [6, 6.07) is 16.4. The summed E-state index contributed by atoms with van der Waals surface area (Å²) >= 11 is 0. The van der Waals surface area contributed by atoms with Crippen molar-refractivity contribution in [3.8, 4) is 17.1 Å². The van der Waals surface area contributed by atoms with Crippen molar-refractivity contribution in [2.45, 2.75) is 117 Å². The third kappa shape index (κ3) is 12.5. The molecule has 0 saturated carbocycles. The van der Waals surface area contributed by atoms with Crippen molar-refractivity contribution in [3.63, 3.8) is 0 Å². The molecule has 2 heterocycles. The number of hydrogen-bond acceptors (Lipinski definition) is 3. The van der Waals surface area contributed by atoms with E-state index in [2.05, 4.69) is 72.4 Å². The number of benzene rings is 1. The lowest BCUT2D eigenvalue weighted by Crippen LogP contribution is -1.97. The van der Waals surface area contributed by atoms with Gasteiger partial charge in [-0.2, -0.15) is 0 Å². The Kier molecular flexibility index (Phi) is 15.8. The van der Waals surface area contributed by atoms with Crippen molar-refractivity contribution >= 4 is 12.2 Å². The summed E-state index contributed by atoms with van der Waals surface area (Å²) in [5.74, 6) is 0.948. The van der Waals surface area contributed by atoms with Gasteiger partial charge in [-0.25, -0.2) is 0 Å². The molecule has 1 aromatic carbocycles. The maximum Gasteiger partial charge on any atom is 0.119 e. The summed E-state index contributed by atoms with van der Waals surface area (Å²) in [6.07, 6.45) is 30.1. The first-order chi connectivity index (χ1) is 19.8. The van der Waals surface area contributed by atoms with E-state index in [0.29, 0.717) is 0 Å². The van der Waals surface area contributed by atoms with Gasteiger partial charge in [-0.1, -0.05) is 140 Å². The molecule has 0 N–H and O–H groups in total. The molecule has 0 aliphatic carbocycles. The first-order valence-corrected chi connectivity index (χ1v) is 16.1. The fourth-order valence-electron chi connectivity index (χ4n) is 5.19. The van der Waals surface area contributed by atoms with Crippen molar-refractivity contribution in [2.75, 3.05) is 6.61 Å². The molecule has 0 bridgehead atoms. The Labute approximate surface area is 244 Å². The van der Waals surface area contributed by atoms with E-state index in [9.17, 15) is 0 Å². The lowest BCUT2D eigenvalue weighted by Gasteiger charge is -2.08. The van der Waals surface area contributed by atoms with Crippen LogP contribution in [-0.4, -0.2) is 16.6 Å². The molecule has 40 heavy (non-hydrogen) atoms. The Morgan fingerprint density at radius 2 is 1.10 bits per heavy atom. The molecular weight excluding hydrogens is 488 g/mol. The van der Waals surface area contributed by atoms with Crippen LogP contribution in [-0.2, 0) is 0 Å². The Balaban J connectivity index is 1.23. The topological polar surface area (TPSA) is 35.0 Å². The SMILES string of the molecule is CCCCCCCCCCCCCCCCCCOc1ccc(/C=C/c2cccnc2-c2ncccc2C)cc1. The highest BCUT2D eigenvalue weighted by Gasteiger charge is 2.08. The fraction of sp³-hybridized carbons (Fsp3) is 0.514. The van der Waals surface area contributed by atoms with E-state index in [1.165, 1.54) is 96.3 Å². The smallest absolute Gasteiger partial charge is 0.119 e. The van der Waals surface area contributed by atoms with Crippen LogP contribution in [0, 0.1) is 6.92 Å². The zero-order chi connectivity index (χ0) is 28.1. The minimum atomic E-state index is 0.802. The van der Waals surface area contributed by atoms with Gasteiger partial charge in [-0.3, -0.25) is 9.97 Å². The second kappa shape index (κ2) is 20.0. The summed E-state index contributed by atoms with van der Waals surface area (Å²) in [7, 11) is 0. The first kappa shape index (κ1) is 31.6. The van der Waals surface area contributed by atoms with Crippen LogP contribution in [0.25, 0.3) is 23.5 Å². The quantitative estimate of drug-likeness (QED) is 0.126. The average molecular weight is 541 g/mol. The molecule has 0 atom stereocenters. The van der Waals surface area contributed by atoms with Crippen molar-refractivity contribution < 1.29 is 4.74 Å². The van der Waals surface area contributed by atoms with Gasteiger partial charge in [-0.15, -0.1) is 0 Å². The summed E-state index contributed by atoms with van der Waals surface area (Å²) in [5, 5.41) is 0. The molecule has 0 unspecified atom stereocenters. The zero-order valence-electron chi connectivity index (χ0n) is 25.3. The summed E-state index contributed by atoms with van der Waals surface area (Å²) in [5.41, 5.74) is 5.17. The van der Waals surface area contributed by atoms with Crippen LogP contribution in [0.15, 0.2) is 60.9 Å². The molecule has 3 aromatic rings. The number of aryl methyl sites for hydroxylation is 1. The maximum atomic E-state index is 5.99. The van der Waals surface area contributed by atoms with E-state index in [1.807, 2.05) is 24.5 Å². The molecule has 0 radical (unpaired) electrons. The highest BCUT2D eigenvalue weighted by Crippen LogP contribution is 2.24. The van der Waals surface area contributed by atoms with Gasteiger partial charge >= 0.3 is 0 Å². The Bertz CT molecular complexity index is 1090. The maximum absolute atomic E-state index is 5.99. The molecule has 0 aliphatic heterocycles. The van der Waals surface area contributed by atoms with Crippen LogP contribution in [0.4, 0.5) is 0 Å². The first-order valence-electron chi connectivity index (χ1n) is 16.1. The van der Waals surface area contributed by atoms with Gasteiger partial charge in [0.2, 0.25) is 0 Å². The van der Waals surface area contributed by atoms with E-state index in [1.54, 1.807) is 0 Å². The number of aromatic nitrogens is 2. The minimum Gasteiger partial charge on any atom is -0.494 e. The van der Waals surface area contributed by atoms with E-state index in [0.717, 1.165) is 46.9 Å². The van der Waals surface area contributed by atoms with Gasteiger partial charge in [0.1, 0.15) is 5.75 Å². The third-order valence-corrected chi connectivity index (χ3v) is 7.67. The van der Waals surface area contributed by atoms with Gasteiger partial charge in [0.15, 0.2) is 0 Å². The summed E-state index contributed by atoms with van der Waals surface area (Å²) < 4.78 is 5.99. The van der Waals surface area contributed by atoms with Crippen molar-refractivity contribution in [2.24, 2.45) is 0 Å². The predicted octanol–water partition coefficient (Wildman–Crippen LogP) is 11.3. The Hall–Kier alpha value is -2.94. The molecule has 3 heteroatoms. The van der Waals surface area contributed by atoms with Crippen molar-refractivity contribution in [3.05, 3.63) is 77.6 Å². The minimum absolute atomic E-state index is 0.802. The van der Waals surface area contributed by atoms with Crippen LogP contribution >= 0.6 is 0 Å². The van der Waals surface area contributed by atoms with Crippen LogP contribution in [0.5, 0.6) is 5.75 Å². The number of ether oxygens (including phenoxy) is 1. The molecule has 3 nitrogen and oxygen atoms in total. The molecule has 216 valence electrons. The average Bonchev–Trinajstić information content (AvgIpc) is 2.99. The van der Waals surface area contributed by atoms with Crippen molar-refractivity contribution in [1.82, 2.24) is 9.97 Å². The van der Waals surface area contributed by atoms with E-state index in [4.69, 9.17) is 4.74 Å². The Morgan fingerprint density at radius 3 is 1.68 bits per heavy atom. The Morgan fingerprint density at radius 1 is 0.575 bits per heavy atom. The second-order valence-electron chi connectivity index (χ2n) is 11.2. The number of pyridine rings is 2. The van der Waals surface area contributed by atoms with Crippen LogP contribution in [0.3, 0.4) is 0 Å². The predicted molar refractivity (Wildman–Crippen MR) is 173 cm³/mol. The highest BCUT2D eigenvalue weighted by atomic mass is 16.5. The molecule has 2 aromatic heterocycles. The van der Waals surface area contributed by atoms with Gasteiger partial charge in [0, 0.05) is 18.0 Å². The normalized spacial score (nSPS) is 11.3. The standard InChI is InChI=1S/C37H52N2O/c1-3-4-5-6-7-8-9-10-11-12-13-14-15-16-17-18-31-40-35-27-24-33(25-28-35)23-26-34-22-20-30-39-37(34)36-32(2)21-19-29-38-36/h19-30H,3-18,31H2,1-2H3/b26-23+. The van der Waals surface area contributed by atoms with E-state index in [-0.39, 0.29) is 0 Å². The molecule has 0 fully saturated rings. The summed E-state index contributed by atoms with van der Waals surface area (Å²) in [4.78, 5) is 9.14. The fourth-order valence-corrected chi connectivity index (χ4v) is 5.19. The lowest BCUT2D eigenvalue weighted by molar-refractivity contribution is 0.304. The van der Waals surface area contributed by atoms with Crippen LogP contribution in [0.1, 0.15) is 126 Å². The summed E-state index contributed by atoms with van der Waals surface area (Å²) in [6.45, 7) is 5.17. The molecule has 3 rings (SSSR count). The molecule has 0 spiro atoms. The number of nitrogens with zero attached hydrogens (tertiary/aromatic N) is 2. The van der Waals surface area contributed by atoms with Gasteiger partial charge in [0.25, 0.3) is 0 Å². The van der Waals surface area contributed by atoms with Crippen LogP contribution < -0.4 is 4.74 Å². The highest BCUT2D eigenvalue weighted by molar-refractivity contribution is 5.78. The number of rotatable bonds is 21.